The van der Waals surface area contributed by atoms with Gasteiger partial charge in [-0.1, -0.05) is 25.5 Å². The molecule has 1 N–H and O–H groups in total. The maximum absolute atomic E-state index is 13.0. The summed E-state index contributed by atoms with van der Waals surface area (Å²) in [6.07, 6.45) is 3.88. The molecule has 1 heterocycles. The molecule has 2 aliphatic rings. The zero-order valence-electron chi connectivity index (χ0n) is 15.2. The van der Waals surface area contributed by atoms with Crippen LogP contribution in [0.3, 0.4) is 0 Å². The standard InChI is InChI=1S/C20H30N2O2/c1-4-20(24)10-6-9-17-13-22(14-18(17)20)19(23)16-8-5-7-15(11-16)12-21(2)3/h5,7-8,11,17-18,24H,4,6,9-10,12-14H2,1-3H3/t17-,18+,20-/m1/s1. The number of rotatable bonds is 4. The minimum absolute atomic E-state index is 0.114. The molecule has 0 spiro atoms. The Morgan fingerprint density at radius 2 is 2.17 bits per heavy atom. The van der Waals surface area contributed by atoms with Crippen LogP contribution in [0, 0.1) is 11.8 Å². The van der Waals surface area contributed by atoms with Gasteiger partial charge in [0.1, 0.15) is 0 Å². The van der Waals surface area contributed by atoms with Crippen molar-refractivity contribution in [3.63, 3.8) is 0 Å². The number of hydrogen-bond acceptors (Lipinski definition) is 3. The Hall–Kier alpha value is -1.39. The van der Waals surface area contributed by atoms with Crippen LogP contribution in [0.5, 0.6) is 0 Å². The lowest BCUT2D eigenvalue weighted by Gasteiger charge is -2.40. The molecule has 24 heavy (non-hydrogen) atoms. The third-order valence-electron chi connectivity index (χ3n) is 5.89. The van der Waals surface area contributed by atoms with Gasteiger partial charge in [-0.2, -0.15) is 0 Å². The number of carbonyl (C=O) groups is 1. The van der Waals surface area contributed by atoms with Gasteiger partial charge >= 0.3 is 0 Å². The molecule has 132 valence electrons. The number of carbonyl (C=O) groups excluding carboxylic acids is 1. The normalized spacial score (nSPS) is 29.8. The maximum Gasteiger partial charge on any atom is 0.253 e. The molecular formula is C20H30N2O2. The number of aliphatic hydroxyl groups is 1. The molecule has 4 heteroatoms. The van der Waals surface area contributed by atoms with E-state index < -0.39 is 5.60 Å². The zero-order valence-corrected chi connectivity index (χ0v) is 15.2. The van der Waals surface area contributed by atoms with E-state index in [9.17, 15) is 9.90 Å². The third kappa shape index (κ3) is 3.35. The molecule has 0 unspecified atom stereocenters. The lowest BCUT2D eigenvalue weighted by atomic mass is 9.69. The van der Waals surface area contributed by atoms with Crippen molar-refractivity contribution in [3.05, 3.63) is 35.4 Å². The van der Waals surface area contributed by atoms with E-state index in [0.717, 1.165) is 49.9 Å². The van der Waals surface area contributed by atoms with Crippen LogP contribution in [-0.4, -0.2) is 53.6 Å². The lowest BCUT2D eigenvalue weighted by Crippen LogP contribution is -2.44. The highest BCUT2D eigenvalue weighted by atomic mass is 16.3. The van der Waals surface area contributed by atoms with Gasteiger partial charge in [-0.25, -0.2) is 0 Å². The van der Waals surface area contributed by atoms with Crippen LogP contribution in [0.25, 0.3) is 0 Å². The topological polar surface area (TPSA) is 43.8 Å². The Balaban J connectivity index is 1.75. The highest BCUT2D eigenvalue weighted by Crippen LogP contribution is 2.44. The fraction of sp³-hybridized carbons (Fsp3) is 0.650. The summed E-state index contributed by atoms with van der Waals surface area (Å²) in [5.74, 6) is 0.811. The molecule has 0 bridgehead atoms. The Labute approximate surface area is 145 Å². The van der Waals surface area contributed by atoms with Crippen LogP contribution in [0.2, 0.25) is 0 Å². The second kappa shape index (κ2) is 6.85. The van der Waals surface area contributed by atoms with Crippen LogP contribution >= 0.6 is 0 Å². The third-order valence-corrected chi connectivity index (χ3v) is 5.89. The van der Waals surface area contributed by atoms with Gasteiger partial charge in [-0.05, 0) is 57.0 Å². The number of hydrogen-bond donors (Lipinski definition) is 1. The first-order valence-electron chi connectivity index (χ1n) is 9.18. The predicted molar refractivity (Wildman–Crippen MR) is 95.8 cm³/mol. The van der Waals surface area contributed by atoms with E-state index in [1.807, 2.05) is 37.2 Å². The van der Waals surface area contributed by atoms with E-state index in [-0.39, 0.29) is 11.8 Å². The first kappa shape index (κ1) is 17.4. The fourth-order valence-electron chi connectivity index (χ4n) is 4.58. The second-order valence-electron chi connectivity index (χ2n) is 7.86. The molecule has 1 aromatic rings. The molecule has 0 radical (unpaired) electrons. The highest BCUT2D eigenvalue weighted by molar-refractivity contribution is 5.94. The largest absolute Gasteiger partial charge is 0.390 e. The van der Waals surface area contributed by atoms with Crippen molar-refractivity contribution < 1.29 is 9.90 Å². The number of fused-ring (bicyclic) bond motifs is 1. The molecule has 0 aromatic heterocycles. The van der Waals surface area contributed by atoms with Crippen molar-refractivity contribution in [2.24, 2.45) is 11.8 Å². The Morgan fingerprint density at radius 1 is 1.38 bits per heavy atom. The molecule has 1 aromatic carbocycles. The smallest absolute Gasteiger partial charge is 0.253 e. The van der Waals surface area contributed by atoms with Crippen molar-refractivity contribution in [2.45, 2.75) is 44.8 Å². The molecule has 1 saturated heterocycles. The van der Waals surface area contributed by atoms with Gasteiger partial charge in [-0.15, -0.1) is 0 Å². The van der Waals surface area contributed by atoms with Gasteiger partial charge in [0, 0.05) is 31.1 Å². The molecule has 3 atom stereocenters. The molecule has 4 nitrogen and oxygen atoms in total. The summed E-state index contributed by atoms with van der Waals surface area (Å²) in [4.78, 5) is 17.0. The lowest BCUT2D eigenvalue weighted by molar-refractivity contribution is -0.0609. The van der Waals surface area contributed by atoms with Gasteiger partial charge < -0.3 is 14.9 Å². The first-order chi connectivity index (χ1) is 11.4. The minimum atomic E-state index is -0.579. The Kier molecular flexibility index (Phi) is 4.97. The maximum atomic E-state index is 13.0. The number of nitrogens with zero attached hydrogens (tertiary/aromatic N) is 2. The summed E-state index contributed by atoms with van der Waals surface area (Å²) in [5, 5.41) is 10.9. The molecule has 2 fully saturated rings. The summed E-state index contributed by atoms with van der Waals surface area (Å²) in [6, 6.07) is 7.96. The molecule has 1 amide bonds. The number of amides is 1. The van der Waals surface area contributed by atoms with E-state index in [4.69, 9.17) is 0 Å². The zero-order chi connectivity index (χ0) is 17.3. The fourth-order valence-corrected chi connectivity index (χ4v) is 4.58. The monoisotopic (exact) mass is 330 g/mol. The van der Waals surface area contributed by atoms with Crippen LogP contribution in [0.15, 0.2) is 24.3 Å². The Morgan fingerprint density at radius 3 is 2.88 bits per heavy atom. The van der Waals surface area contributed by atoms with Crippen LogP contribution in [0.1, 0.15) is 48.5 Å². The van der Waals surface area contributed by atoms with Crippen molar-refractivity contribution in [1.82, 2.24) is 9.80 Å². The van der Waals surface area contributed by atoms with E-state index in [1.54, 1.807) is 0 Å². The molecule has 1 aliphatic heterocycles. The molecule has 1 saturated carbocycles. The van der Waals surface area contributed by atoms with E-state index in [1.165, 1.54) is 0 Å². The van der Waals surface area contributed by atoms with E-state index in [2.05, 4.69) is 17.9 Å². The molecule has 1 aliphatic carbocycles. The van der Waals surface area contributed by atoms with Crippen molar-refractivity contribution in [2.75, 3.05) is 27.2 Å². The van der Waals surface area contributed by atoms with Gasteiger partial charge in [0.05, 0.1) is 5.60 Å². The van der Waals surface area contributed by atoms with Crippen molar-refractivity contribution >= 4 is 5.91 Å². The van der Waals surface area contributed by atoms with Gasteiger partial charge in [-0.3, -0.25) is 4.79 Å². The van der Waals surface area contributed by atoms with Gasteiger partial charge in [0.25, 0.3) is 5.91 Å². The minimum Gasteiger partial charge on any atom is -0.390 e. The summed E-state index contributed by atoms with van der Waals surface area (Å²) >= 11 is 0. The average Bonchev–Trinajstić information content (AvgIpc) is 3.00. The van der Waals surface area contributed by atoms with Gasteiger partial charge in [0.15, 0.2) is 0 Å². The van der Waals surface area contributed by atoms with Crippen molar-refractivity contribution in [3.8, 4) is 0 Å². The summed E-state index contributed by atoms with van der Waals surface area (Å²) in [7, 11) is 4.07. The Bertz CT molecular complexity index is 601. The average molecular weight is 330 g/mol. The molecular weight excluding hydrogens is 300 g/mol. The quantitative estimate of drug-likeness (QED) is 0.923. The molecule has 3 rings (SSSR count). The van der Waals surface area contributed by atoms with Crippen molar-refractivity contribution in [1.29, 1.82) is 0 Å². The summed E-state index contributed by atoms with van der Waals surface area (Å²) in [5.41, 5.74) is 1.35. The first-order valence-corrected chi connectivity index (χ1v) is 9.18. The summed E-state index contributed by atoms with van der Waals surface area (Å²) in [6.45, 7) is 4.40. The van der Waals surface area contributed by atoms with Gasteiger partial charge in [0.2, 0.25) is 0 Å². The van der Waals surface area contributed by atoms with Crippen LogP contribution in [0.4, 0.5) is 0 Å². The number of benzene rings is 1. The second-order valence-corrected chi connectivity index (χ2v) is 7.86. The summed E-state index contributed by atoms with van der Waals surface area (Å²) < 4.78 is 0. The van der Waals surface area contributed by atoms with Crippen LogP contribution < -0.4 is 0 Å². The van der Waals surface area contributed by atoms with E-state index in [0.29, 0.717) is 12.5 Å². The predicted octanol–water partition coefficient (Wildman–Crippen LogP) is 2.76. The highest BCUT2D eigenvalue weighted by Gasteiger charge is 2.48. The van der Waals surface area contributed by atoms with E-state index >= 15 is 0 Å². The van der Waals surface area contributed by atoms with Crippen LogP contribution in [-0.2, 0) is 6.54 Å². The SMILES string of the molecule is CC[C@@]1(O)CCC[C@@H]2CN(C(=O)c3cccc(CN(C)C)c3)C[C@@H]21. The number of likely N-dealkylation sites (tertiary alicyclic amines) is 1.